The molecule has 4 rings (SSSR count). The number of aromatic nitrogens is 4. The first-order valence-corrected chi connectivity index (χ1v) is 8.21. The molecule has 0 saturated carbocycles. The molecule has 0 radical (unpaired) electrons. The third-order valence-corrected chi connectivity index (χ3v) is 4.04. The zero-order valence-corrected chi connectivity index (χ0v) is 14.5. The van der Waals surface area contributed by atoms with E-state index in [0.29, 0.717) is 22.1 Å². The SMILES string of the molecule is Cc1nn2c(N/N=C/c3ccc(Cl)cc3)nc3ccccc3c2nc1=O. The topological polar surface area (TPSA) is 84.5 Å². The average Bonchev–Trinajstić information content (AvgIpc) is 2.65. The summed E-state index contributed by atoms with van der Waals surface area (Å²) < 4.78 is 1.48. The van der Waals surface area contributed by atoms with Gasteiger partial charge in [-0.25, -0.2) is 10.4 Å². The zero-order valence-electron chi connectivity index (χ0n) is 13.7. The van der Waals surface area contributed by atoms with Crippen LogP contribution in [0.4, 0.5) is 5.95 Å². The van der Waals surface area contributed by atoms with Gasteiger partial charge in [0.25, 0.3) is 5.56 Å². The van der Waals surface area contributed by atoms with Gasteiger partial charge in [0.1, 0.15) is 5.69 Å². The summed E-state index contributed by atoms with van der Waals surface area (Å²) in [5.74, 6) is 0.361. The first kappa shape index (κ1) is 16.2. The molecule has 0 aliphatic carbocycles. The summed E-state index contributed by atoms with van der Waals surface area (Å²) in [4.78, 5) is 20.6. The Labute approximate surface area is 153 Å². The molecule has 8 heteroatoms. The minimum Gasteiger partial charge on any atom is -0.265 e. The first-order valence-electron chi connectivity index (χ1n) is 7.83. The number of rotatable bonds is 3. The molecule has 2 aromatic carbocycles. The van der Waals surface area contributed by atoms with Crippen molar-refractivity contribution in [2.75, 3.05) is 5.43 Å². The highest BCUT2D eigenvalue weighted by Crippen LogP contribution is 2.19. The lowest BCUT2D eigenvalue weighted by atomic mass is 10.2. The smallest absolute Gasteiger partial charge is 0.265 e. The van der Waals surface area contributed by atoms with E-state index >= 15 is 0 Å². The Kier molecular flexibility index (Phi) is 4.06. The second kappa shape index (κ2) is 6.53. The summed E-state index contributed by atoms with van der Waals surface area (Å²) >= 11 is 5.88. The zero-order chi connectivity index (χ0) is 18.1. The number of hydrazone groups is 1. The molecule has 2 heterocycles. The van der Waals surface area contributed by atoms with Crippen molar-refractivity contribution < 1.29 is 0 Å². The largest absolute Gasteiger partial charge is 0.294 e. The molecule has 0 bridgehead atoms. The highest BCUT2D eigenvalue weighted by Gasteiger charge is 2.11. The molecule has 128 valence electrons. The van der Waals surface area contributed by atoms with Crippen molar-refractivity contribution in [2.24, 2.45) is 5.10 Å². The number of hydrogen-bond donors (Lipinski definition) is 1. The van der Waals surface area contributed by atoms with Gasteiger partial charge in [0.15, 0.2) is 5.65 Å². The van der Waals surface area contributed by atoms with Crippen molar-refractivity contribution in [3.05, 3.63) is 75.2 Å². The van der Waals surface area contributed by atoms with Gasteiger partial charge in [-0.1, -0.05) is 35.9 Å². The standard InChI is InChI=1S/C18H13ClN6O/c1-11-17(26)22-16-14-4-2-3-5-15(14)21-18(25(16)24-11)23-20-10-12-6-8-13(19)9-7-12/h2-10H,1H3,(H,21,23)/b20-10+. The molecule has 0 unspecified atom stereocenters. The van der Waals surface area contributed by atoms with E-state index in [4.69, 9.17) is 11.6 Å². The monoisotopic (exact) mass is 364 g/mol. The van der Waals surface area contributed by atoms with Crippen molar-refractivity contribution in [1.82, 2.24) is 19.6 Å². The van der Waals surface area contributed by atoms with E-state index in [0.717, 1.165) is 10.9 Å². The number of nitrogens with zero attached hydrogens (tertiary/aromatic N) is 5. The fraction of sp³-hybridized carbons (Fsp3) is 0.0556. The number of para-hydroxylation sites is 1. The van der Waals surface area contributed by atoms with Crippen LogP contribution in [0, 0.1) is 6.92 Å². The van der Waals surface area contributed by atoms with Gasteiger partial charge in [0.05, 0.1) is 11.7 Å². The number of aryl methyl sites for hydroxylation is 1. The van der Waals surface area contributed by atoms with E-state index in [1.807, 2.05) is 36.4 Å². The summed E-state index contributed by atoms with van der Waals surface area (Å²) in [6.45, 7) is 1.61. The van der Waals surface area contributed by atoms with Crippen molar-refractivity contribution in [1.29, 1.82) is 0 Å². The van der Waals surface area contributed by atoms with Crippen LogP contribution in [-0.2, 0) is 0 Å². The summed E-state index contributed by atoms with van der Waals surface area (Å²) in [5, 5.41) is 9.89. The molecule has 7 nitrogen and oxygen atoms in total. The molecule has 1 N–H and O–H groups in total. The average molecular weight is 365 g/mol. The lowest BCUT2D eigenvalue weighted by molar-refractivity contribution is 0.835. The molecule has 26 heavy (non-hydrogen) atoms. The molecule has 0 aliphatic heterocycles. The second-order valence-electron chi connectivity index (χ2n) is 5.61. The van der Waals surface area contributed by atoms with E-state index < -0.39 is 0 Å². The van der Waals surface area contributed by atoms with Crippen LogP contribution in [-0.4, -0.2) is 25.8 Å². The minimum absolute atomic E-state index is 0.282. The number of halogens is 1. The maximum atomic E-state index is 11.9. The van der Waals surface area contributed by atoms with Crippen molar-refractivity contribution in [3.63, 3.8) is 0 Å². The van der Waals surface area contributed by atoms with Crippen molar-refractivity contribution in [2.45, 2.75) is 6.92 Å². The van der Waals surface area contributed by atoms with Crippen LogP contribution in [0.1, 0.15) is 11.3 Å². The Morgan fingerprint density at radius 3 is 2.69 bits per heavy atom. The van der Waals surface area contributed by atoms with E-state index in [1.165, 1.54) is 4.52 Å². The number of anilines is 1. The lowest BCUT2D eigenvalue weighted by Crippen LogP contribution is -2.18. The number of hydrogen-bond acceptors (Lipinski definition) is 6. The highest BCUT2D eigenvalue weighted by atomic mass is 35.5. The maximum Gasteiger partial charge on any atom is 0.294 e. The molecule has 0 fully saturated rings. The van der Waals surface area contributed by atoms with Gasteiger partial charge in [-0.2, -0.15) is 19.7 Å². The lowest BCUT2D eigenvalue weighted by Gasteiger charge is -2.09. The minimum atomic E-state index is -0.364. The van der Waals surface area contributed by atoms with Gasteiger partial charge in [-0.15, -0.1) is 0 Å². The Hall–Kier alpha value is -3.32. The van der Waals surface area contributed by atoms with Crippen LogP contribution < -0.4 is 11.0 Å². The molecule has 0 atom stereocenters. The van der Waals surface area contributed by atoms with Crippen LogP contribution in [0.3, 0.4) is 0 Å². The molecule has 2 aromatic heterocycles. The Morgan fingerprint density at radius 1 is 1.12 bits per heavy atom. The van der Waals surface area contributed by atoms with Crippen LogP contribution >= 0.6 is 11.6 Å². The molecule has 0 aliphatic rings. The number of fused-ring (bicyclic) bond motifs is 3. The summed E-state index contributed by atoms with van der Waals surface area (Å²) in [5.41, 5.74) is 4.78. The summed E-state index contributed by atoms with van der Waals surface area (Å²) in [6.07, 6.45) is 1.64. The first-order chi connectivity index (χ1) is 12.6. The molecule has 0 amide bonds. The van der Waals surface area contributed by atoms with Gasteiger partial charge >= 0.3 is 0 Å². The van der Waals surface area contributed by atoms with E-state index in [-0.39, 0.29) is 11.3 Å². The van der Waals surface area contributed by atoms with Gasteiger partial charge in [-0.05, 0) is 36.8 Å². The summed E-state index contributed by atoms with van der Waals surface area (Å²) in [6, 6.07) is 14.7. The molecule has 4 aromatic rings. The van der Waals surface area contributed by atoms with E-state index in [9.17, 15) is 4.79 Å². The Balaban J connectivity index is 1.81. The normalized spacial score (nSPS) is 11.5. The number of nitrogens with one attached hydrogen (secondary N) is 1. The molecular formula is C18H13ClN6O. The third kappa shape index (κ3) is 3.00. The third-order valence-electron chi connectivity index (χ3n) is 3.79. The van der Waals surface area contributed by atoms with Crippen molar-refractivity contribution >= 4 is 40.3 Å². The van der Waals surface area contributed by atoms with E-state index in [2.05, 4.69) is 25.6 Å². The fourth-order valence-corrected chi connectivity index (χ4v) is 2.62. The highest BCUT2D eigenvalue weighted by molar-refractivity contribution is 6.30. The predicted octanol–water partition coefficient (Wildman–Crippen LogP) is 3.05. The Morgan fingerprint density at radius 2 is 1.88 bits per heavy atom. The quantitative estimate of drug-likeness (QED) is 0.343. The summed E-state index contributed by atoms with van der Waals surface area (Å²) in [7, 11) is 0. The van der Waals surface area contributed by atoms with Gasteiger partial charge < -0.3 is 0 Å². The maximum absolute atomic E-state index is 11.9. The Bertz CT molecular complexity index is 1200. The van der Waals surface area contributed by atoms with Gasteiger partial charge in [0.2, 0.25) is 5.95 Å². The number of benzene rings is 2. The van der Waals surface area contributed by atoms with Crippen LogP contribution in [0.25, 0.3) is 16.6 Å². The predicted molar refractivity (Wildman–Crippen MR) is 102 cm³/mol. The van der Waals surface area contributed by atoms with Crippen LogP contribution in [0.5, 0.6) is 0 Å². The van der Waals surface area contributed by atoms with Crippen molar-refractivity contribution in [3.8, 4) is 0 Å². The van der Waals surface area contributed by atoms with Crippen LogP contribution in [0.2, 0.25) is 5.02 Å². The molecule has 0 spiro atoms. The second-order valence-corrected chi connectivity index (χ2v) is 6.05. The van der Waals surface area contributed by atoms with Gasteiger partial charge in [-0.3, -0.25) is 4.79 Å². The van der Waals surface area contributed by atoms with Crippen LogP contribution in [0.15, 0.2) is 58.4 Å². The van der Waals surface area contributed by atoms with E-state index in [1.54, 1.807) is 25.3 Å². The fourth-order valence-electron chi connectivity index (χ4n) is 2.49. The molecular weight excluding hydrogens is 352 g/mol. The van der Waals surface area contributed by atoms with Gasteiger partial charge in [0, 0.05) is 10.4 Å². The molecule has 0 saturated heterocycles.